The van der Waals surface area contributed by atoms with E-state index in [9.17, 15) is 8.42 Å². The van der Waals surface area contributed by atoms with Crippen molar-refractivity contribution in [3.63, 3.8) is 0 Å². The first-order chi connectivity index (χ1) is 15.5. The highest BCUT2D eigenvalue weighted by atomic mass is 79.9. The van der Waals surface area contributed by atoms with Gasteiger partial charge in [0.2, 0.25) is 0 Å². The number of nitrogens with one attached hydrogen (secondary N) is 2. The van der Waals surface area contributed by atoms with E-state index in [0.717, 1.165) is 63.9 Å². The highest BCUT2D eigenvalue weighted by molar-refractivity contribution is 9.10. The number of fused-ring (bicyclic) bond motifs is 1. The van der Waals surface area contributed by atoms with Crippen molar-refractivity contribution in [2.75, 3.05) is 18.5 Å². The molecule has 8 heteroatoms. The molecule has 0 radical (unpaired) electrons. The van der Waals surface area contributed by atoms with Crippen LogP contribution in [0.25, 0.3) is 22.2 Å². The molecule has 0 saturated carbocycles. The van der Waals surface area contributed by atoms with Gasteiger partial charge in [0.1, 0.15) is 0 Å². The minimum Gasteiger partial charge on any atom is -0.381 e. The summed E-state index contributed by atoms with van der Waals surface area (Å²) >= 11 is 3.82. The minimum atomic E-state index is -3.24. The molecular weight excluding hydrogens is 490 g/mol. The van der Waals surface area contributed by atoms with E-state index in [4.69, 9.17) is 4.74 Å². The smallest absolute Gasteiger partial charge is 0.195 e. The Balaban J connectivity index is 1.55. The summed E-state index contributed by atoms with van der Waals surface area (Å²) in [4.78, 5) is 5.49. The van der Waals surface area contributed by atoms with Crippen LogP contribution in [-0.2, 0) is 21.1 Å². The summed E-state index contributed by atoms with van der Waals surface area (Å²) in [6, 6.07) is 14.9. The second kappa shape index (κ2) is 8.77. The quantitative estimate of drug-likeness (QED) is 0.480. The van der Waals surface area contributed by atoms with Crippen LogP contribution in [0.15, 0.2) is 70.2 Å². The number of anilines is 1. The molecule has 32 heavy (non-hydrogen) atoms. The number of aromatic nitrogens is 1. The molecule has 1 fully saturated rings. The van der Waals surface area contributed by atoms with Gasteiger partial charge in [0.25, 0.3) is 0 Å². The van der Waals surface area contributed by atoms with Crippen LogP contribution in [-0.4, -0.2) is 37.6 Å². The van der Waals surface area contributed by atoms with Crippen LogP contribution in [0.4, 0.5) is 5.69 Å². The molecule has 3 aromatic rings. The predicted octanol–water partition coefficient (Wildman–Crippen LogP) is 5.36. The average Bonchev–Trinajstić information content (AvgIpc) is 3.13. The number of ether oxygens (including phenoxy) is 1. The Hall–Kier alpha value is -2.55. The van der Waals surface area contributed by atoms with Gasteiger partial charge in [-0.3, -0.25) is 0 Å². The monoisotopic (exact) mass is 513 g/mol. The summed E-state index contributed by atoms with van der Waals surface area (Å²) in [6.45, 7) is 2.10. The molecule has 0 atom stereocenters. The van der Waals surface area contributed by atoms with Crippen LogP contribution in [0.5, 0.6) is 0 Å². The lowest BCUT2D eigenvalue weighted by atomic mass is 10.1. The number of hydrogen-bond acceptors (Lipinski definition) is 5. The molecule has 0 spiro atoms. The Bertz CT molecular complexity index is 1270. The van der Waals surface area contributed by atoms with Crippen molar-refractivity contribution in [1.82, 2.24) is 9.88 Å². The molecule has 0 bridgehead atoms. The summed E-state index contributed by atoms with van der Waals surface area (Å²) < 4.78 is 29.8. The zero-order chi connectivity index (χ0) is 22.1. The van der Waals surface area contributed by atoms with E-state index >= 15 is 0 Å². The van der Waals surface area contributed by atoms with Crippen LogP contribution in [0.3, 0.4) is 0 Å². The van der Waals surface area contributed by atoms with Crippen molar-refractivity contribution in [1.29, 1.82) is 0 Å². The number of hydrogen-bond donors (Lipinski definition) is 2. The molecule has 2 aliphatic heterocycles. The number of halogens is 1. The van der Waals surface area contributed by atoms with Gasteiger partial charge in [0.05, 0.1) is 32.2 Å². The number of nitrogens with zero attached hydrogens (tertiary/aromatic N) is 1. The second-order valence-corrected chi connectivity index (χ2v) is 10.6. The Labute approximate surface area is 196 Å². The second-order valence-electron chi connectivity index (χ2n) is 8.11. The predicted molar refractivity (Wildman–Crippen MR) is 132 cm³/mol. The maximum absolute atomic E-state index is 11.7. The zero-order valence-electron chi connectivity index (χ0n) is 17.4. The SMILES string of the molecule is O=S1(=O)C=CN(Cc2cc(NC3CCOCC3)c3[nH]c(-c4ccccc4)c(Br)c3c2)C=C1. The van der Waals surface area contributed by atoms with Gasteiger partial charge in [0, 0.05) is 43.6 Å². The van der Waals surface area contributed by atoms with Crippen molar-refractivity contribution in [2.45, 2.75) is 25.4 Å². The van der Waals surface area contributed by atoms with Gasteiger partial charge in [-0.05, 0) is 52.0 Å². The number of rotatable bonds is 5. The van der Waals surface area contributed by atoms with Gasteiger partial charge in [-0.1, -0.05) is 30.3 Å². The molecule has 3 heterocycles. The summed E-state index contributed by atoms with van der Waals surface area (Å²) in [5, 5.41) is 7.27. The lowest BCUT2D eigenvalue weighted by Gasteiger charge is -2.25. The lowest BCUT2D eigenvalue weighted by Crippen LogP contribution is -2.28. The first kappa shape index (κ1) is 21.3. The largest absolute Gasteiger partial charge is 0.381 e. The lowest BCUT2D eigenvalue weighted by molar-refractivity contribution is 0.0905. The standard InChI is InChI=1S/C24H24BrN3O3S/c25-22-20-14-17(16-28-8-12-32(29,30)13-9-28)15-21(26-19-6-10-31-11-7-19)24(20)27-23(22)18-4-2-1-3-5-18/h1-5,8-9,12-15,19,26-27H,6-7,10-11,16H2. The van der Waals surface area contributed by atoms with E-state index < -0.39 is 9.84 Å². The summed E-state index contributed by atoms with van der Waals surface area (Å²) in [5.41, 5.74) is 5.33. The number of H-pyrrole nitrogens is 1. The first-order valence-corrected chi connectivity index (χ1v) is 13.0. The first-order valence-electron chi connectivity index (χ1n) is 10.6. The van der Waals surface area contributed by atoms with E-state index in [-0.39, 0.29) is 0 Å². The van der Waals surface area contributed by atoms with Gasteiger partial charge in [0.15, 0.2) is 9.84 Å². The maximum atomic E-state index is 11.7. The van der Waals surface area contributed by atoms with E-state index in [1.807, 2.05) is 23.1 Å². The van der Waals surface area contributed by atoms with Gasteiger partial charge in [-0.25, -0.2) is 8.42 Å². The molecule has 6 nitrogen and oxygen atoms in total. The van der Waals surface area contributed by atoms with E-state index in [0.29, 0.717) is 12.6 Å². The fourth-order valence-corrected chi connectivity index (χ4v) is 5.52. The molecular formula is C24H24BrN3O3S. The third-order valence-corrected chi connectivity index (χ3v) is 7.62. The topological polar surface area (TPSA) is 74.4 Å². The Morgan fingerprint density at radius 1 is 1.09 bits per heavy atom. The van der Waals surface area contributed by atoms with Crippen LogP contribution in [0.1, 0.15) is 18.4 Å². The Kier molecular flexibility index (Phi) is 5.84. The van der Waals surface area contributed by atoms with Crippen molar-refractivity contribution in [3.05, 3.63) is 75.7 Å². The highest BCUT2D eigenvalue weighted by Crippen LogP contribution is 2.39. The van der Waals surface area contributed by atoms with Crippen LogP contribution in [0, 0.1) is 0 Å². The molecule has 1 saturated heterocycles. The normalized spacial score (nSPS) is 18.3. The van der Waals surface area contributed by atoms with Gasteiger partial charge in [-0.15, -0.1) is 0 Å². The minimum absolute atomic E-state index is 0.351. The summed E-state index contributed by atoms with van der Waals surface area (Å²) in [5.74, 6) is 0. The van der Waals surface area contributed by atoms with E-state index in [1.165, 1.54) is 10.8 Å². The van der Waals surface area contributed by atoms with Crippen molar-refractivity contribution < 1.29 is 13.2 Å². The number of aromatic amines is 1. The fraction of sp³-hybridized carbons (Fsp3) is 0.250. The van der Waals surface area contributed by atoms with Crippen LogP contribution >= 0.6 is 15.9 Å². The molecule has 166 valence electrons. The van der Waals surface area contributed by atoms with Crippen molar-refractivity contribution in [2.24, 2.45) is 0 Å². The summed E-state index contributed by atoms with van der Waals surface area (Å²) in [7, 11) is -3.24. The number of benzene rings is 2. The van der Waals surface area contributed by atoms with E-state index in [1.54, 1.807) is 12.4 Å². The molecule has 2 N–H and O–H groups in total. The van der Waals surface area contributed by atoms with Gasteiger partial charge in [-0.2, -0.15) is 0 Å². The molecule has 5 rings (SSSR count). The van der Waals surface area contributed by atoms with Crippen molar-refractivity contribution in [3.8, 4) is 11.3 Å². The van der Waals surface area contributed by atoms with E-state index in [2.05, 4.69) is 50.5 Å². The average molecular weight is 514 g/mol. The molecule has 0 aliphatic carbocycles. The Morgan fingerprint density at radius 2 is 1.81 bits per heavy atom. The van der Waals surface area contributed by atoms with Crippen LogP contribution < -0.4 is 5.32 Å². The molecule has 2 aromatic carbocycles. The zero-order valence-corrected chi connectivity index (χ0v) is 19.8. The van der Waals surface area contributed by atoms with Crippen LogP contribution in [0.2, 0.25) is 0 Å². The molecule has 0 amide bonds. The fourth-order valence-electron chi connectivity index (χ4n) is 4.13. The van der Waals surface area contributed by atoms with Gasteiger partial charge >= 0.3 is 0 Å². The third-order valence-electron chi connectivity index (χ3n) is 5.80. The maximum Gasteiger partial charge on any atom is 0.195 e. The Morgan fingerprint density at radius 3 is 2.53 bits per heavy atom. The van der Waals surface area contributed by atoms with Gasteiger partial charge < -0.3 is 19.9 Å². The molecule has 1 aromatic heterocycles. The summed E-state index contributed by atoms with van der Waals surface area (Å²) in [6.07, 6.45) is 5.14. The third kappa shape index (κ3) is 4.48. The molecule has 0 unspecified atom stereocenters. The number of sulfone groups is 1. The van der Waals surface area contributed by atoms with Crippen molar-refractivity contribution >= 4 is 42.4 Å². The highest BCUT2D eigenvalue weighted by Gasteiger charge is 2.19. The molecule has 2 aliphatic rings.